The van der Waals surface area contributed by atoms with Gasteiger partial charge < -0.3 is 14.5 Å². The van der Waals surface area contributed by atoms with Gasteiger partial charge in [-0.25, -0.2) is 0 Å². The number of aromatic nitrogens is 1. The normalized spacial score (nSPS) is 10.6. The number of nitrogens with one attached hydrogen (secondary N) is 1. The molecule has 21 heavy (non-hydrogen) atoms. The van der Waals surface area contributed by atoms with E-state index in [0.717, 1.165) is 22.0 Å². The summed E-state index contributed by atoms with van der Waals surface area (Å²) in [4.78, 5) is 14.7. The average molecular weight is 281 g/mol. The topological polar surface area (TPSA) is 51.3 Å². The smallest absolute Gasteiger partial charge is 0.249 e. The van der Waals surface area contributed by atoms with Crippen LogP contribution < -0.4 is 15.0 Å². The van der Waals surface area contributed by atoms with Crippen LogP contribution in [-0.4, -0.2) is 19.2 Å². The van der Waals surface area contributed by atoms with Gasteiger partial charge in [0.05, 0.1) is 14.2 Å². The molecule has 0 spiro atoms. The minimum atomic E-state index is -0.137. The first-order chi connectivity index (χ1) is 10.2. The second-order valence-corrected chi connectivity index (χ2v) is 4.66. The minimum Gasteiger partial charge on any atom is -0.497 e. The maximum Gasteiger partial charge on any atom is 0.249 e. The molecule has 0 unspecified atom stereocenters. The minimum absolute atomic E-state index is 0.137. The predicted octanol–water partition coefficient (Wildman–Crippen LogP) is 3.21. The summed E-state index contributed by atoms with van der Waals surface area (Å²) >= 11 is 0. The number of fused-ring (bicyclic) bond motifs is 1. The van der Waals surface area contributed by atoms with Crippen LogP contribution in [0.5, 0.6) is 11.5 Å². The number of para-hydroxylation sites is 1. The van der Waals surface area contributed by atoms with Crippen molar-refractivity contribution >= 4 is 10.9 Å². The maximum absolute atomic E-state index is 11.9. The zero-order chi connectivity index (χ0) is 14.8. The van der Waals surface area contributed by atoms with Crippen LogP contribution in [0.15, 0.2) is 53.3 Å². The van der Waals surface area contributed by atoms with E-state index in [2.05, 4.69) is 4.98 Å². The van der Waals surface area contributed by atoms with Crippen LogP contribution in [0.4, 0.5) is 0 Å². The molecule has 3 aromatic rings. The monoisotopic (exact) mass is 281 g/mol. The lowest BCUT2D eigenvalue weighted by Gasteiger charge is -2.12. The lowest BCUT2D eigenvalue weighted by atomic mass is 10.0. The molecule has 0 amide bonds. The standard InChI is InChI=1S/C17H15NO3/c1-20-11-7-8-13(16(9-11)21-2)14-10-17(19)18-15-6-4-3-5-12(14)15/h3-10H,1-2H3,(H,18,19). The quantitative estimate of drug-likeness (QED) is 0.802. The van der Waals surface area contributed by atoms with Crippen LogP contribution in [0.25, 0.3) is 22.0 Å². The van der Waals surface area contributed by atoms with E-state index in [0.29, 0.717) is 11.5 Å². The molecule has 2 aromatic carbocycles. The predicted molar refractivity (Wildman–Crippen MR) is 83.1 cm³/mol. The zero-order valence-corrected chi connectivity index (χ0v) is 11.8. The van der Waals surface area contributed by atoms with Crippen molar-refractivity contribution in [1.29, 1.82) is 0 Å². The molecule has 4 nitrogen and oxygen atoms in total. The Morgan fingerprint density at radius 1 is 0.905 bits per heavy atom. The number of ether oxygens (including phenoxy) is 2. The summed E-state index contributed by atoms with van der Waals surface area (Å²) in [6.45, 7) is 0. The number of hydrogen-bond acceptors (Lipinski definition) is 3. The third kappa shape index (κ3) is 2.36. The van der Waals surface area contributed by atoms with Gasteiger partial charge in [0.1, 0.15) is 11.5 Å². The van der Waals surface area contributed by atoms with Crippen LogP contribution in [0.1, 0.15) is 0 Å². The van der Waals surface area contributed by atoms with Crippen LogP contribution in [0, 0.1) is 0 Å². The summed E-state index contributed by atoms with van der Waals surface area (Å²) in [5, 5.41) is 0.973. The van der Waals surface area contributed by atoms with E-state index in [1.165, 1.54) is 0 Å². The second kappa shape index (κ2) is 5.32. The number of rotatable bonds is 3. The van der Waals surface area contributed by atoms with Crippen molar-refractivity contribution in [3.8, 4) is 22.6 Å². The van der Waals surface area contributed by atoms with Crippen LogP contribution in [0.3, 0.4) is 0 Å². The van der Waals surface area contributed by atoms with Gasteiger partial charge in [-0.2, -0.15) is 0 Å². The first-order valence-electron chi connectivity index (χ1n) is 6.57. The number of hydrogen-bond donors (Lipinski definition) is 1. The summed E-state index contributed by atoms with van der Waals surface area (Å²) < 4.78 is 10.6. The zero-order valence-electron chi connectivity index (χ0n) is 11.8. The Hall–Kier alpha value is -2.75. The Bertz CT molecular complexity index is 852. The Kier molecular flexibility index (Phi) is 3.36. The van der Waals surface area contributed by atoms with E-state index < -0.39 is 0 Å². The molecule has 1 aromatic heterocycles. The van der Waals surface area contributed by atoms with E-state index in [4.69, 9.17) is 9.47 Å². The highest BCUT2D eigenvalue weighted by Gasteiger charge is 2.11. The van der Waals surface area contributed by atoms with Gasteiger partial charge in [0.25, 0.3) is 0 Å². The summed E-state index contributed by atoms with van der Waals surface area (Å²) in [7, 11) is 3.21. The number of methoxy groups -OCH3 is 2. The first kappa shape index (κ1) is 13.2. The fraction of sp³-hybridized carbons (Fsp3) is 0.118. The summed E-state index contributed by atoms with van der Waals surface area (Å²) in [5.41, 5.74) is 2.37. The molecule has 0 saturated carbocycles. The molecule has 0 radical (unpaired) electrons. The number of benzene rings is 2. The fourth-order valence-electron chi connectivity index (χ4n) is 2.45. The largest absolute Gasteiger partial charge is 0.497 e. The molecule has 0 saturated heterocycles. The van der Waals surface area contributed by atoms with Gasteiger partial charge >= 0.3 is 0 Å². The molecule has 0 aliphatic heterocycles. The number of pyridine rings is 1. The van der Waals surface area contributed by atoms with E-state index in [-0.39, 0.29) is 5.56 Å². The third-order valence-electron chi connectivity index (χ3n) is 3.45. The van der Waals surface area contributed by atoms with E-state index in [1.807, 2.05) is 42.5 Å². The summed E-state index contributed by atoms with van der Waals surface area (Å²) in [6, 6.07) is 14.9. The highest BCUT2D eigenvalue weighted by atomic mass is 16.5. The molecule has 106 valence electrons. The molecular weight excluding hydrogens is 266 g/mol. The van der Waals surface area contributed by atoms with Gasteiger partial charge in [-0.1, -0.05) is 18.2 Å². The summed E-state index contributed by atoms with van der Waals surface area (Å²) in [5.74, 6) is 1.38. The van der Waals surface area contributed by atoms with Crippen molar-refractivity contribution in [2.24, 2.45) is 0 Å². The van der Waals surface area contributed by atoms with Gasteiger partial charge in [0.2, 0.25) is 5.56 Å². The van der Waals surface area contributed by atoms with Crippen LogP contribution in [-0.2, 0) is 0 Å². The van der Waals surface area contributed by atoms with Crippen molar-refractivity contribution in [3.63, 3.8) is 0 Å². The second-order valence-electron chi connectivity index (χ2n) is 4.66. The molecule has 4 heteroatoms. The van der Waals surface area contributed by atoms with Gasteiger partial charge in [-0.05, 0) is 18.2 Å². The molecule has 3 rings (SSSR count). The van der Waals surface area contributed by atoms with E-state index in [9.17, 15) is 4.79 Å². The fourth-order valence-corrected chi connectivity index (χ4v) is 2.45. The van der Waals surface area contributed by atoms with Crippen molar-refractivity contribution in [3.05, 3.63) is 58.9 Å². The van der Waals surface area contributed by atoms with Crippen molar-refractivity contribution in [2.75, 3.05) is 14.2 Å². The lowest BCUT2D eigenvalue weighted by molar-refractivity contribution is 0.395. The van der Waals surface area contributed by atoms with Gasteiger partial charge in [0.15, 0.2) is 0 Å². The molecule has 0 aliphatic rings. The molecule has 1 N–H and O–H groups in total. The molecule has 1 heterocycles. The lowest BCUT2D eigenvalue weighted by Crippen LogP contribution is -2.05. The van der Waals surface area contributed by atoms with Crippen molar-refractivity contribution < 1.29 is 9.47 Å². The molecule has 0 aliphatic carbocycles. The van der Waals surface area contributed by atoms with Crippen LogP contribution >= 0.6 is 0 Å². The van der Waals surface area contributed by atoms with Crippen molar-refractivity contribution in [1.82, 2.24) is 4.98 Å². The van der Waals surface area contributed by atoms with E-state index >= 15 is 0 Å². The highest BCUT2D eigenvalue weighted by Crippen LogP contribution is 2.35. The van der Waals surface area contributed by atoms with E-state index in [1.54, 1.807) is 20.3 Å². The van der Waals surface area contributed by atoms with Crippen LogP contribution in [0.2, 0.25) is 0 Å². The summed E-state index contributed by atoms with van der Waals surface area (Å²) in [6.07, 6.45) is 0. The van der Waals surface area contributed by atoms with Crippen molar-refractivity contribution in [2.45, 2.75) is 0 Å². The number of aromatic amines is 1. The van der Waals surface area contributed by atoms with Gasteiger partial charge in [-0.3, -0.25) is 4.79 Å². The maximum atomic E-state index is 11.9. The molecule has 0 fully saturated rings. The molecular formula is C17H15NO3. The Morgan fingerprint density at radius 3 is 2.48 bits per heavy atom. The third-order valence-corrected chi connectivity index (χ3v) is 3.45. The Labute approximate surface area is 122 Å². The Balaban J connectivity index is 2.32. The molecule has 0 bridgehead atoms. The Morgan fingerprint density at radius 2 is 1.71 bits per heavy atom. The van der Waals surface area contributed by atoms with Gasteiger partial charge in [-0.15, -0.1) is 0 Å². The number of H-pyrrole nitrogens is 1. The average Bonchev–Trinajstić information content (AvgIpc) is 2.53. The SMILES string of the molecule is COc1ccc(-c2cc(=O)[nH]c3ccccc23)c(OC)c1. The van der Waals surface area contributed by atoms with Gasteiger partial charge in [0, 0.05) is 34.2 Å². The molecule has 0 atom stereocenters. The highest BCUT2D eigenvalue weighted by molar-refractivity contribution is 5.95. The first-order valence-corrected chi connectivity index (χ1v) is 6.57.